The van der Waals surface area contributed by atoms with Gasteiger partial charge in [0.2, 0.25) is 5.91 Å². The van der Waals surface area contributed by atoms with Gasteiger partial charge in [-0.3, -0.25) is 13.8 Å². The second kappa shape index (κ2) is 28.4. The van der Waals surface area contributed by atoms with Gasteiger partial charge in [0, 0.05) is 13.0 Å². The van der Waals surface area contributed by atoms with Crippen LogP contribution in [0.4, 0.5) is 0 Å². The number of hydrogen-bond acceptors (Lipinski definition) is 6. The second-order valence-electron chi connectivity index (χ2n) is 11.0. The molecule has 0 aromatic heterocycles. The summed E-state index contributed by atoms with van der Waals surface area (Å²) in [4.78, 5) is 22.4. The van der Waals surface area contributed by atoms with Crippen molar-refractivity contribution in [3.8, 4) is 0 Å². The molecule has 40 heavy (non-hydrogen) atoms. The van der Waals surface area contributed by atoms with Crippen molar-refractivity contribution in [3.05, 3.63) is 12.2 Å². The van der Waals surface area contributed by atoms with E-state index >= 15 is 0 Å². The smallest absolute Gasteiger partial charge is 0.391 e. The maximum absolute atomic E-state index is 12.6. The van der Waals surface area contributed by atoms with Crippen LogP contribution in [0.2, 0.25) is 0 Å². The standard InChI is InChI=1S/C31H63N2O6P/c1-3-5-7-9-11-12-13-14-15-16-17-19-21-23-25-31(35)33-29(28-39-40(36,37)38-27-26-32)30(34)24-22-20-18-10-8-6-4-2/h13-14,29-30,34H,3-12,15-28,32H2,1-2H3,(H,33,35)(H,36,37)/b14-13-. The van der Waals surface area contributed by atoms with E-state index in [9.17, 15) is 19.4 Å². The lowest BCUT2D eigenvalue weighted by atomic mass is 10.0. The number of rotatable bonds is 30. The molecule has 5 N–H and O–H groups in total. The molecule has 0 radical (unpaired) electrons. The third-order valence-corrected chi connectivity index (χ3v) is 8.10. The van der Waals surface area contributed by atoms with Crippen molar-refractivity contribution >= 4 is 13.7 Å². The van der Waals surface area contributed by atoms with E-state index in [4.69, 9.17) is 14.8 Å². The number of nitrogens with one attached hydrogen (secondary N) is 1. The molecule has 0 heterocycles. The number of phosphoric acid groups is 1. The van der Waals surface area contributed by atoms with Crippen LogP contribution in [0.3, 0.4) is 0 Å². The Bertz CT molecular complexity index is 649. The first kappa shape index (κ1) is 39.2. The van der Waals surface area contributed by atoms with E-state index in [1.54, 1.807) is 0 Å². The number of allylic oxidation sites excluding steroid dienone is 2. The molecule has 0 saturated heterocycles. The van der Waals surface area contributed by atoms with Crippen LogP contribution in [0.15, 0.2) is 12.2 Å². The fourth-order valence-corrected chi connectivity index (χ4v) is 5.36. The number of carbonyl (C=O) groups is 1. The third-order valence-electron chi connectivity index (χ3n) is 7.12. The first-order valence-electron chi connectivity index (χ1n) is 16.3. The summed E-state index contributed by atoms with van der Waals surface area (Å²) in [6.45, 7) is 4.11. The summed E-state index contributed by atoms with van der Waals surface area (Å²) in [6.07, 6.45) is 26.6. The molecule has 9 heteroatoms. The molecule has 8 nitrogen and oxygen atoms in total. The third kappa shape index (κ3) is 26.2. The van der Waals surface area contributed by atoms with Crippen molar-refractivity contribution < 1.29 is 28.4 Å². The predicted octanol–water partition coefficient (Wildman–Crippen LogP) is 7.71. The maximum Gasteiger partial charge on any atom is 0.472 e. The van der Waals surface area contributed by atoms with Gasteiger partial charge in [0.1, 0.15) is 0 Å². The highest BCUT2D eigenvalue weighted by Crippen LogP contribution is 2.43. The topological polar surface area (TPSA) is 131 Å². The van der Waals surface area contributed by atoms with Crippen molar-refractivity contribution in [2.24, 2.45) is 5.73 Å². The minimum absolute atomic E-state index is 0.0881. The molecule has 238 valence electrons. The highest BCUT2D eigenvalue weighted by atomic mass is 31.2. The van der Waals surface area contributed by atoms with Crippen LogP contribution in [0, 0.1) is 0 Å². The number of hydrogen-bond donors (Lipinski definition) is 4. The minimum Gasteiger partial charge on any atom is -0.391 e. The van der Waals surface area contributed by atoms with Gasteiger partial charge in [-0.1, -0.05) is 116 Å². The van der Waals surface area contributed by atoms with Gasteiger partial charge in [-0.2, -0.15) is 0 Å². The molecule has 0 spiro atoms. The van der Waals surface area contributed by atoms with Crippen molar-refractivity contribution in [1.29, 1.82) is 0 Å². The molecule has 0 aliphatic heterocycles. The number of aliphatic hydroxyl groups is 1. The van der Waals surface area contributed by atoms with E-state index in [0.717, 1.165) is 51.4 Å². The Labute approximate surface area is 245 Å². The van der Waals surface area contributed by atoms with Crippen molar-refractivity contribution in [3.63, 3.8) is 0 Å². The van der Waals surface area contributed by atoms with Crippen LogP contribution in [0.5, 0.6) is 0 Å². The molecule has 3 unspecified atom stereocenters. The summed E-state index contributed by atoms with van der Waals surface area (Å²) in [7, 11) is -4.29. The van der Waals surface area contributed by atoms with Crippen LogP contribution in [0.1, 0.15) is 149 Å². The van der Waals surface area contributed by atoms with E-state index in [-0.39, 0.29) is 25.7 Å². The van der Waals surface area contributed by atoms with E-state index < -0.39 is 20.0 Å². The van der Waals surface area contributed by atoms with Gasteiger partial charge >= 0.3 is 7.82 Å². The molecule has 0 bridgehead atoms. The van der Waals surface area contributed by atoms with Gasteiger partial charge in [0.15, 0.2) is 0 Å². The van der Waals surface area contributed by atoms with Crippen LogP contribution in [-0.2, 0) is 18.4 Å². The van der Waals surface area contributed by atoms with Gasteiger partial charge in [-0.25, -0.2) is 4.57 Å². The Morgan fingerprint density at radius 3 is 1.85 bits per heavy atom. The molecule has 0 aliphatic carbocycles. The molecule has 0 saturated carbocycles. The van der Waals surface area contributed by atoms with Gasteiger partial charge in [0.25, 0.3) is 0 Å². The lowest BCUT2D eigenvalue weighted by Crippen LogP contribution is -2.46. The molecule has 0 aromatic carbocycles. The highest BCUT2D eigenvalue weighted by molar-refractivity contribution is 7.47. The second-order valence-corrected chi connectivity index (χ2v) is 12.5. The van der Waals surface area contributed by atoms with Crippen molar-refractivity contribution in [2.75, 3.05) is 19.8 Å². The molecule has 0 rings (SSSR count). The average molecular weight is 591 g/mol. The van der Waals surface area contributed by atoms with Gasteiger partial charge in [0.05, 0.1) is 25.4 Å². The fourth-order valence-electron chi connectivity index (χ4n) is 4.60. The summed E-state index contributed by atoms with van der Waals surface area (Å²) in [5.74, 6) is -0.176. The number of aliphatic hydroxyl groups excluding tert-OH is 1. The number of amides is 1. The van der Waals surface area contributed by atoms with Crippen LogP contribution < -0.4 is 11.1 Å². The van der Waals surface area contributed by atoms with E-state index in [1.165, 1.54) is 70.6 Å². The SMILES string of the molecule is CCCCCCC/C=C\CCCCCCCC(=O)NC(COP(=O)(O)OCCN)C(O)CCCCCCCCC. The first-order chi connectivity index (χ1) is 19.4. The Balaban J connectivity index is 4.28. The summed E-state index contributed by atoms with van der Waals surface area (Å²) >= 11 is 0. The normalized spacial score (nSPS) is 14.8. The summed E-state index contributed by atoms with van der Waals surface area (Å²) in [6, 6.07) is -0.770. The summed E-state index contributed by atoms with van der Waals surface area (Å²) in [5.41, 5.74) is 5.33. The Kier molecular flexibility index (Phi) is 27.8. The lowest BCUT2D eigenvalue weighted by molar-refractivity contribution is -0.123. The molecule has 0 aliphatic rings. The Morgan fingerprint density at radius 2 is 1.30 bits per heavy atom. The fraction of sp³-hybridized carbons (Fsp3) is 0.903. The summed E-state index contributed by atoms with van der Waals surface area (Å²) < 4.78 is 21.9. The molecule has 1 amide bonds. The minimum atomic E-state index is -4.29. The zero-order chi connectivity index (χ0) is 29.7. The summed E-state index contributed by atoms with van der Waals surface area (Å²) in [5, 5.41) is 13.6. The van der Waals surface area contributed by atoms with E-state index in [0.29, 0.717) is 12.8 Å². The number of carbonyl (C=O) groups excluding carboxylic acids is 1. The highest BCUT2D eigenvalue weighted by Gasteiger charge is 2.27. The molecular formula is C31H63N2O6P. The van der Waals surface area contributed by atoms with E-state index in [2.05, 4.69) is 31.3 Å². The molecule has 0 fully saturated rings. The lowest BCUT2D eigenvalue weighted by Gasteiger charge is -2.25. The largest absolute Gasteiger partial charge is 0.472 e. The molecule has 3 atom stereocenters. The van der Waals surface area contributed by atoms with Gasteiger partial charge < -0.3 is 21.1 Å². The van der Waals surface area contributed by atoms with Crippen molar-refractivity contribution in [1.82, 2.24) is 5.32 Å². The number of phosphoric ester groups is 1. The zero-order valence-corrected chi connectivity index (χ0v) is 26.7. The van der Waals surface area contributed by atoms with Crippen LogP contribution >= 0.6 is 7.82 Å². The van der Waals surface area contributed by atoms with Crippen molar-refractivity contribution in [2.45, 2.75) is 161 Å². The quantitative estimate of drug-likeness (QED) is 0.0383. The van der Waals surface area contributed by atoms with Gasteiger partial charge in [-0.05, 0) is 38.5 Å². The molecular weight excluding hydrogens is 527 g/mol. The number of nitrogens with two attached hydrogens (primary N) is 1. The van der Waals surface area contributed by atoms with E-state index in [1.807, 2.05) is 0 Å². The average Bonchev–Trinajstić information content (AvgIpc) is 2.93. The monoisotopic (exact) mass is 590 g/mol. The number of unbranched alkanes of at least 4 members (excludes halogenated alkanes) is 16. The Hall–Kier alpha value is -0.760. The zero-order valence-electron chi connectivity index (χ0n) is 25.8. The Morgan fingerprint density at radius 1 is 0.800 bits per heavy atom. The molecule has 0 aromatic rings. The first-order valence-corrected chi connectivity index (χ1v) is 17.8. The van der Waals surface area contributed by atoms with Crippen LogP contribution in [-0.4, -0.2) is 47.8 Å². The van der Waals surface area contributed by atoms with Crippen LogP contribution in [0.25, 0.3) is 0 Å². The maximum atomic E-state index is 12.6. The predicted molar refractivity (Wildman–Crippen MR) is 166 cm³/mol. The van der Waals surface area contributed by atoms with Gasteiger partial charge in [-0.15, -0.1) is 0 Å².